The summed E-state index contributed by atoms with van der Waals surface area (Å²) in [6.45, 7) is 1.03. The van der Waals surface area contributed by atoms with E-state index in [4.69, 9.17) is 5.73 Å². The normalized spacial score (nSPS) is 21.9. The summed E-state index contributed by atoms with van der Waals surface area (Å²) in [6, 6.07) is 2.39. The third-order valence-corrected chi connectivity index (χ3v) is 5.26. The first-order chi connectivity index (χ1) is 9.49. The first kappa shape index (κ1) is 15.4. The maximum atomic E-state index is 13.7. The molecule has 112 valence electrons. The van der Waals surface area contributed by atoms with Gasteiger partial charge in [-0.3, -0.25) is 4.21 Å². The average molecular weight is 302 g/mol. The number of nitrogens with zero attached hydrogens (tertiary/aromatic N) is 1. The molecule has 1 aromatic carbocycles. The Morgan fingerprint density at radius 1 is 1.35 bits per heavy atom. The summed E-state index contributed by atoms with van der Waals surface area (Å²) in [7, 11) is 0.375. The predicted octanol–water partition coefficient (Wildman–Crippen LogP) is 2.53. The van der Waals surface area contributed by atoms with Crippen LogP contribution in [-0.2, 0) is 10.8 Å². The molecule has 1 aliphatic heterocycles. The number of hydrogen-bond donors (Lipinski definition) is 1. The molecule has 0 spiro atoms. The van der Waals surface area contributed by atoms with Gasteiger partial charge in [0.25, 0.3) is 0 Å². The second kappa shape index (κ2) is 6.63. The van der Waals surface area contributed by atoms with Gasteiger partial charge in [0, 0.05) is 17.5 Å². The number of hydrogen-bond acceptors (Lipinski definition) is 3. The van der Waals surface area contributed by atoms with E-state index in [0.717, 1.165) is 31.5 Å². The molecule has 2 atom stereocenters. The molecule has 0 saturated carbocycles. The van der Waals surface area contributed by atoms with Crippen LogP contribution in [0.5, 0.6) is 0 Å². The maximum Gasteiger partial charge on any atom is 0.144 e. The fraction of sp³-hybridized carbons (Fsp3) is 0.571. The van der Waals surface area contributed by atoms with Gasteiger partial charge in [0.1, 0.15) is 16.5 Å². The quantitative estimate of drug-likeness (QED) is 0.869. The largest absolute Gasteiger partial charge is 0.399 e. The summed E-state index contributed by atoms with van der Waals surface area (Å²) in [5.74, 6) is -1.37. The highest BCUT2D eigenvalue weighted by molar-refractivity contribution is 7.85. The van der Waals surface area contributed by atoms with Gasteiger partial charge in [0.05, 0.1) is 10.8 Å². The Labute approximate surface area is 120 Å². The molecule has 0 amide bonds. The number of nitrogen functional groups attached to an aromatic ring is 1. The van der Waals surface area contributed by atoms with E-state index in [1.54, 1.807) is 0 Å². The van der Waals surface area contributed by atoms with Gasteiger partial charge < -0.3 is 10.6 Å². The van der Waals surface area contributed by atoms with E-state index in [9.17, 15) is 13.0 Å². The first-order valence-electron chi connectivity index (χ1n) is 6.82. The molecular weight excluding hydrogens is 282 g/mol. The molecule has 0 aromatic heterocycles. The van der Waals surface area contributed by atoms with Crippen LogP contribution in [0, 0.1) is 11.6 Å². The van der Waals surface area contributed by atoms with E-state index in [0.29, 0.717) is 12.5 Å². The summed E-state index contributed by atoms with van der Waals surface area (Å²) in [4.78, 5) is 1.88. The maximum absolute atomic E-state index is 13.7. The minimum absolute atomic E-state index is 0.00719. The van der Waals surface area contributed by atoms with Gasteiger partial charge >= 0.3 is 0 Å². The first-order valence-corrected chi connectivity index (χ1v) is 8.14. The van der Waals surface area contributed by atoms with Crippen LogP contribution in [0.25, 0.3) is 0 Å². The second-order valence-corrected chi connectivity index (χ2v) is 6.79. The molecule has 2 unspecified atom stereocenters. The van der Waals surface area contributed by atoms with Gasteiger partial charge in [0.15, 0.2) is 0 Å². The molecule has 0 radical (unpaired) electrons. The lowest BCUT2D eigenvalue weighted by Gasteiger charge is -2.32. The zero-order valence-electron chi connectivity index (χ0n) is 11.6. The standard InChI is InChI=1S/C14H20F2N2OS/c1-18-6-3-2-4-11(18)5-7-20(19)14-12(15)8-10(17)9-13(14)16/h8-9,11H,2-7,17H2,1H3. The highest BCUT2D eigenvalue weighted by Gasteiger charge is 2.22. The van der Waals surface area contributed by atoms with Crippen LogP contribution in [-0.4, -0.2) is 34.5 Å². The molecule has 20 heavy (non-hydrogen) atoms. The monoisotopic (exact) mass is 302 g/mol. The minimum Gasteiger partial charge on any atom is -0.399 e. The topological polar surface area (TPSA) is 46.3 Å². The summed E-state index contributed by atoms with van der Waals surface area (Å²) < 4.78 is 39.5. The molecule has 1 aromatic rings. The predicted molar refractivity (Wildman–Crippen MR) is 76.9 cm³/mol. The average Bonchev–Trinajstić information content (AvgIpc) is 2.36. The van der Waals surface area contributed by atoms with Gasteiger partial charge in [-0.25, -0.2) is 8.78 Å². The molecule has 1 saturated heterocycles. The lowest BCUT2D eigenvalue weighted by molar-refractivity contribution is 0.182. The lowest BCUT2D eigenvalue weighted by atomic mass is 10.0. The Bertz CT molecular complexity index is 487. The molecule has 6 heteroatoms. The fourth-order valence-corrected chi connectivity index (χ4v) is 3.89. The Hall–Kier alpha value is -1.01. The molecular formula is C14H20F2N2OS. The summed E-state index contributed by atoms with van der Waals surface area (Å²) in [5, 5.41) is 0. The molecule has 0 aliphatic carbocycles. The van der Waals surface area contributed by atoms with E-state index < -0.39 is 22.4 Å². The van der Waals surface area contributed by atoms with Crippen molar-refractivity contribution in [1.82, 2.24) is 4.90 Å². The van der Waals surface area contributed by atoms with Gasteiger partial charge in [-0.05, 0) is 45.0 Å². The van der Waals surface area contributed by atoms with E-state index in [-0.39, 0.29) is 16.3 Å². The zero-order valence-corrected chi connectivity index (χ0v) is 12.4. The molecule has 1 fully saturated rings. The molecule has 2 rings (SSSR count). The van der Waals surface area contributed by atoms with E-state index in [1.165, 1.54) is 6.42 Å². The molecule has 1 heterocycles. The van der Waals surface area contributed by atoms with Crippen molar-refractivity contribution in [3.63, 3.8) is 0 Å². The molecule has 2 N–H and O–H groups in total. The number of halogens is 2. The van der Waals surface area contributed by atoms with Crippen LogP contribution in [0.3, 0.4) is 0 Å². The zero-order chi connectivity index (χ0) is 14.7. The number of rotatable bonds is 4. The SMILES string of the molecule is CN1CCCCC1CCS(=O)c1c(F)cc(N)cc1F. The summed E-state index contributed by atoms with van der Waals surface area (Å²) >= 11 is 0. The Balaban J connectivity index is 2.02. The van der Waals surface area contributed by atoms with Crippen molar-refractivity contribution >= 4 is 16.5 Å². The molecule has 3 nitrogen and oxygen atoms in total. The fourth-order valence-electron chi connectivity index (χ4n) is 2.65. The number of likely N-dealkylation sites (tertiary alicyclic amines) is 1. The Morgan fingerprint density at radius 3 is 2.60 bits per heavy atom. The highest BCUT2D eigenvalue weighted by Crippen LogP contribution is 2.23. The minimum atomic E-state index is -1.66. The van der Waals surface area contributed by atoms with Crippen molar-refractivity contribution in [1.29, 1.82) is 0 Å². The molecule has 1 aliphatic rings. The van der Waals surface area contributed by atoms with Crippen molar-refractivity contribution < 1.29 is 13.0 Å². The van der Waals surface area contributed by atoms with Gasteiger partial charge in [-0.15, -0.1) is 0 Å². The smallest absolute Gasteiger partial charge is 0.144 e. The van der Waals surface area contributed by atoms with Crippen molar-refractivity contribution in [3.8, 4) is 0 Å². The Morgan fingerprint density at radius 2 is 2.00 bits per heavy atom. The van der Waals surface area contributed by atoms with E-state index in [2.05, 4.69) is 4.90 Å². The van der Waals surface area contributed by atoms with Crippen LogP contribution in [0.15, 0.2) is 17.0 Å². The van der Waals surface area contributed by atoms with Crippen molar-refractivity contribution in [2.45, 2.75) is 36.6 Å². The van der Waals surface area contributed by atoms with Gasteiger partial charge in [-0.1, -0.05) is 6.42 Å². The van der Waals surface area contributed by atoms with Crippen molar-refractivity contribution in [3.05, 3.63) is 23.8 Å². The van der Waals surface area contributed by atoms with Crippen LogP contribution in [0.2, 0.25) is 0 Å². The third-order valence-electron chi connectivity index (χ3n) is 3.81. The molecule has 0 bridgehead atoms. The summed E-state index contributed by atoms with van der Waals surface area (Å²) in [6.07, 6.45) is 4.08. The van der Waals surface area contributed by atoms with Crippen LogP contribution in [0.4, 0.5) is 14.5 Å². The number of piperidine rings is 1. The number of anilines is 1. The van der Waals surface area contributed by atoms with Crippen LogP contribution >= 0.6 is 0 Å². The second-order valence-electron chi connectivity index (χ2n) is 5.28. The number of benzene rings is 1. The third kappa shape index (κ3) is 3.55. The van der Waals surface area contributed by atoms with Crippen LogP contribution < -0.4 is 5.73 Å². The van der Waals surface area contributed by atoms with Crippen LogP contribution in [0.1, 0.15) is 25.7 Å². The van der Waals surface area contributed by atoms with E-state index in [1.807, 2.05) is 7.05 Å². The van der Waals surface area contributed by atoms with Gasteiger partial charge in [0.2, 0.25) is 0 Å². The summed E-state index contributed by atoms with van der Waals surface area (Å²) in [5.41, 5.74) is 5.36. The Kier molecular flexibility index (Phi) is 5.10. The van der Waals surface area contributed by atoms with E-state index >= 15 is 0 Å². The van der Waals surface area contributed by atoms with Crippen molar-refractivity contribution in [2.75, 3.05) is 25.1 Å². The lowest BCUT2D eigenvalue weighted by Crippen LogP contribution is -2.37. The highest BCUT2D eigenvalue weighted by atomic mass is 32.2. The van der Waals surface area contributed by atoms with Gasteiger partial charge in [-0.2, -0.15) is 0 Å². The van der Waals surface area contributed by atoms with Crippen molar-refractivity contribution in [2.24, 2.45) is 0 Å². The number of nitrogens with two attached hydrogens (primary N) is 1.